The number of unbranched alkanes of at least 4 members (excludes halogenated alkanes) is 1. The minimum atomic E-state index is 0.439. The Morgan fingerprint density at radius 2 is 2.12 bits per heavy atom. The quantitative estimate of drug-likeness (QED) is 0.722. The third-order valence-corrected chi connectivity index (χ3v) is 3.74. The van der Waals surface area contributed by atoms with Crippen LogP contribution in [0.5, 0.6) is 0 Å². The highest BCUT2D eigenvalue weighted by molar-refractivity contribution is 5.11. The summed E-state index contributed by atoms with van der Waals surface area (Å²) in [5, 5.41) is 3.32. The SMILES string of the molecule is CCCCC(CC)Cn1cccc1C(C)NC. The number of rotatable bonds is 8. The molecule has 0 saturated carbocycles. The Bertz CT molecular complexity index is 304. The van der Waals surface area contributed by atoms with Crippen molar-refractivity contribution in [2.24, 2.45) is 5.92 Å². The first-order valence-electron chi connectivity index (χ1n) is 7.05. The molecule has 0 bridgehead atoms. The van der Waals surface area contributed by atoms with Gasteiger partial charge in [-0.1, -0.05) is 33.1 Å². The van der Waals surface area contributed by atoms with E-state index in [2.05, 4.69) is 49.0 Å². The first-order chi connectivity index (χ1) is 8.22. The van der Waals surface area contributed by atoms with Crippen LogP contribution in [0.15, 0.2) is 18.3 Å². The van der Waals surface area contributed by atoms with Crippen molar-refractivity contribution in [2.75, 3.05) is 7.05 Å². The van der Waals surface area contributed by atoms with E-state index in [-0.39, 0.29) is 0 Å². The second kappa shape index (κ2) is 7.54. The molecule has 0 spiro atoms. The zero-order valence-corrected chi connectivity index (χ0v) is 11.9. The molecule has 17 heavy (non-hydrogen) atoms. The lowest BCUT2D eigenvalue weighted by molar-refractivity contribution is 0.380. The summed E-state index contributed by atoms with van der Waals surface area (Å²) < 4.78 is 2.42. The highest BCUT2D eigenvalue weighted by Crippen LogP contribution is 2.19. The first kappa shape index (κ1) is 14.3. The van der Waals surface area contributed by atoms with Crippen molar-refractivity contribution in [1.29, 1.82) is 0 Å². The minimum absolute atomic E-state index is 0.439. The Hall–Kier alpha value is -0.760. The molecule has 0 radical (unpaired) electrons. The monoisotopic (exact) mass is 236 g/mol. The molecule has 0 saturated heterocycles. The highest BCUT2D eigenvalue weighted by atomic mass is 15.0. The molecule has 2 heteroatoms. The number of nitrogens with one attached hydrogen (secondary N) is 1. The van der Waals surface area contributed by atoms with Crippen LogP contribution in [0, 0.1) is 5.92 Å². The van der Waals surface area contributed by atoms with Gasteiger partial charge in [0.25, 0.3) is 0 Å². The van der Waals surface area contributed by atoms with E-state index in [4.69, 9.17) is 0 Å². The van der Waals surface area contributed by atoms with Gasteiger partial charge < -0.3 is 9.88 Å². The molecule has 2 atom stereocenters. The van der Waals surface area contributed by atoms with Crippen molar-refractivity contribution >= 4 is 0 Å². The van der Waals surface area contributed by atoms with Crippen LogP contribution in [-0.4, -0.2) is 11.6 Å². The van der Waals surface area contributed by atoms with E-state index in [9.17, 15) is 0 Å². The van der Waals surface area contributed by atoms with Crippen LogP contribution in [0.3, 0.4) is 0 Å². The van der Waals surface area contributed by atoms with E-state index >= 15 is 0 Å². The topological polar surface area (TPSA) is 17.0 Å². The molecular weight excluding hydrogens is 208 g/mol. The maximum Gasteiger partial charge on any atom is 0.0443 e. The number of hydrogen-bond donors (Lipinski definition) is 1. The van der Waals surface area contributed by atoms with Crippen molar-refractivity contribution < 1.29 is 0 Å². The second-order valence-corrected chi connectivity index (χ2v) is 5.01. The Labute approximate surface area is 106 Å². The molecule has 0 fully saturated rings. The lowest BCUT2D eigenvalue weighted by atomic mass is 9.99. The Morgan fingerprint density at radius 1 is 1.35 bits per heavy atom. The third kappa shape index (κ3) is 4.19. The summed E-state index contributed by atoms with van der Waals surface area (Å²) in [6, 6.07) is 4.83. The molecule has 1 N–H and O–H groups in total. The molecule has 98 valence electrons. The van der Waals surface area contributed by atoms with Crippen molar-refractivity contribution in [3.8, 4) is 0 Å². The fraction of sp³-hybridized carbons (Fsp3) is 0.733. The molecule has 0 aliphatic rings. The summed E-state index contributed by atoms with van der Waals surface area (Å²) in [5.41, 5.74) is 1.41. The van der Waals surface area contributed by atoms with Gasteiger partial charge >= 0.3 is 0 Å². The van der Waals surface area contributed by atoms with Crippen molar-refractivity contribution in [3.63, 3.8) is 0 Å². The molecule has 1 aromatic rings. The van der Waals surface area contributed by atoms with Crippen molar-refractivity contribution in [2.45, 2.75) is 59.0 Å². The molecular formula is C15H28N2. The third-order valence-electron chi connectivity index (χ3n) is 3.74. The van der Waals surface area contributed by atoms with Gasteiger partial charge in [0.05, 0.1) is 0 Å². The summed E-state index contributed by atoms with van der Waals surface area (Å²) in [4.78, 5) is 0. The fourth-order valence-corrected chi connectivity index (χ4v) is 2.33. The van der Waals surface area contributed by atoms with Crippen LogP contribution in [0.2, 0.25) is 0 Å². The maximum absolute atomic E-state index is 3.32. The standard InChI is InChI=1S/C15H28N2/c1-5-7-9-14(6-2)12-17-11-8-10-15(17)13(3)16-4/h8,10-11,13-14,16H,5-7,9,12H2,1-4H3. The van der Waals surface area contributed by atoms with E-state index in [1.807, 2.05) is 7.05 Å². The number of hydrogen-bond acceptors (Lipinski definition) is 1. The van der Waals surface area contributed by atoms with Gasteiger partial charge in [0.15, 0.2) is 0 Å². The van der Waals surface area contributed by atoms with Crippen LogP contribution >= 0.6 is 0 Å². The zero-order valence-electron chi connectivity index (χ0n) is 11.9. The van der Waals surface area contributed by atoms with E-state index in [0.29, 0.717) is 6.04 Å². The van der Waals surface area contributed by atoms with Crippen LogP contribution < -0.4 is 5.32 Å². The minimum Gasteiger partial charge on any atom is -0.350 e. The summed E-state index contributed by atoms with van der Waals surface area (Å²) in [6.07, 6.45) is 7.53. The second-order valence-electron chi connectivity index (χ2n) is 5.01. The lowest BCUT2D eigenvalue weighted by Crippen LogP contribution is -2.19. The maximum atomic E-state index is 3.32. The van der Waals surface area contributed by atoms with Gasteiger partial charge in [0.1, 0.15) is 0 Å². The first-order valence-corrected chi connectivity index (χ1v) is 7.05. The van der Waals surface area contributed by atoms with Gasteiger partial charge in [0.2, 0.25) is 0 Å². The predicted octanol–water partition coefficient (Wildman–Crippen LogP) is 3.98. The molecule has 0 aliphatic carbocycles. The Kier molecular flexibility index (Phi) is 6.35. The van der Waals surface area contributed by atoms with Crippen LogP contribution in [0.1, 0.15) is 58.2 Å². The van der Waals surface area contributed by atoms with Crippen LogP contribution in [-0.2, 0) is 6.54 Å². The average molecular weight is 236 g/mol. The summed E-state index contributed by atoms with van der Waals surface area (Å²) in [6.45, 7) is 7.98. The van der Waals surface area contributed by atoms with Crippen molar-refractivity contribution in [3.05, 3.63) is 24.0 Å². The van der Waals surface area contributed by atoms with Crippen molar-refractivity contribution in [1.82, 2.24) is 9.88 Å². The normalized spacial score (nSPS) is 14.8. The van der Waals surface area contributed by atoms with Gasteiger partial charge in [0, 0.05) is 24.5 Å². The van der Waals surface area contributed by atoms with Gasteiger partial charge in [-0.25, -0.2) is 0 Å². The van der Waals surface area contributed by atoms with Gasteiger partial charge in [-0.3, -0.25) is 0 Å². The number of aromatic nitrogens is 1. The smallest absolute Gasteiger partial charge is 0.0443 e. The van der Waals surface area contributed by atoms with Crippen LogP contribution in [0.4, 0.5) is 0 Å². The average Bonchev–Trinajstić information content (AvgIpc) is 2.81. The Morgan fingerprint density at radius 3 is 2.71 bits per heavy atom. The largest absolute Gasteiger partial charge is 0.350 e. The molecule has 2 unspecified atom stereocenters. The molecule has 0 amide bonds. The van der Waals surface area contributed by atoms with E-state index in [0.717, 1.165) is 5.92 Å². The Balaban J connectivity index is 2.62. The van der Waals surface area contributed by atoms with E-state index in [1.54, 1.807) is 0 Å². The van der Waals surface area contributed by atoms with Crippen LogP contribution in [0.25, 0.3) is 0 Å². The molecule has 0 aliphatic heterocycles. The molecule has 1 rings (SSSR count). The van der Waals surface area contributed by atoms with Gasteiger partial charge in [-0.2, -0.15) is 0 Å². The fourth-order valence-electron chi connectivity index (χ4n) is 2.33. The zero-order chi connectivity index (χ0) is 12.7. The summed E-state index contributed by atoms with van der Waals surface area (Å²) in [5.74, 6) is 0.824. The highest BCUT2D eigenvalue weighted by Gasteiger charge is 2.11. The lowest BCUT2D eigenvalue weighted by Gasteiger charge is -2.20. The molecule has 1 aromatic heterocycles. The number of nitrogens with zero attached hydrogens (tertiary/aromatic N) is 1. The van der Waals surface area contributed by atoms with E-state index in [1.165, 1.54) is 37.9 Å². The molecule has 0 aromatic carbocycles. The van der Waals surface area contributed by atoms with E-state index < -0.39 is 0 Å². The predicted molar refractivity (Wildman–Crippen MR) is 75.2 cm³/mol. The van der Waals surface area contributed by atoms with Gasteiger partial charge in [-0.15, -0.1) is 0 Å². The summed E-state index contributed by atoms with van der Waals surface area (Å²) in [7, 11) is 2.02. The molecule has 2 nitrogen and oxygen atoms in total. The van der Waals surface area contributed by atoms with Gasteiger partial charge in [-0.05, 0) is 38.4 Å². The molecule has 1 heterocycles. The summed E-state index contributed by atoms with van der Waals surface area (Å²) >= 11 is 0.